The van der Waals surface area contributed by atoms with Crippen molar-refractivity contribution in [1.82, 2.24) is 15.1 Å². The highest BCUT2D eigenvalue weighted by Gasteiger charge is 2.30. The number of aliphatic carboxylic acids is 1. The number of hydrogen-bond acceptors (Lipinski definition) is 3. The number of nitrogens with zero attached hydrogens (tertiary/aromatic N) is 2. The van der Waals surface area contributed by atoms with Gasteiger partial charge in [0.2, 0.25) is 0 Å². The highest BCUT2D eigenvalue weighted by molar-refractivity contribution is 5.75. The molecule has 156 valence electrons. The lowest BCUT2D eigenvalue weighted by Crippen LogP contribution is -2.45. The van der Waals surface area contributed by atoms with Gasteiger partial charge in [-0.2, -0.15) is 0 Å². The Morgan fingerprint density at radius 1 is 1.25 bits per heavy atom. The zero-order valence-electron chi connectivity index (χ0n) is 17.2. The molecule has 7 heteroatoms. The second-order valence-electron chi connectivity index (χ2n) is 8.68. The summed E-state index contributed by atoms with van der Waals surface area (Å²) in [4.78, 5) is 27.5. The van der Waals surface area contributed by atoms with Gasteiger partial charge in [0, 0.05) is 19.1 Å². The summed E-state index contributed by atoms with van der Waals surface area (Å²) in [7, 11) is 1.82. The van der Waals surface area contributed by atoms with Gasteiger partial charge < -0.3 is 15.3 Å². The van der Waals surface area contributed by atoms with Crippen molar-refractivity contribution in [2.45, 2.75) is 52.1 Å². The van der Waals surface area contributed by atoms with E-state index in [0.29, 0.717) is 13.1 Å². The molecule has 1 saturated heterocycles. The third-order valence-corrected chi connectivity index (χ3v) is 5.33. The van der Waals surface area contributed by atoms with Gasteiger partial charge in [-0.25, -0.2) is 9.18 Å². The van der Waals surface area contributed by atoms with Crippen molar-refractivity contribution < 1.29 is 19.1 Å². The number of carboxylic acids is 1. The standard InChI is InChI=1S/C21H32FN3O3/c1-21(2,3)19(15-7-9-16(22)10-8-15)23-20(28)25-12-5-6-17(11-13-25)24(4)14-18(26)27/h7-10,17,19H,5-6,11-14H2,1-4H3,(H,23,28)(H,26,27). The number of halogens is 1. The van der Waals surface area contributed by atoms with Crippen LogP contribution in [0.15, 0.2) is 24.3 Å². The third kappa shape index (κ3) is 6.19. The molecule has 2 amide bonds. The number of hydrogen-bond donors (Lipinski definition) is 2. The van der Waals surface area contributed by atoms with Crippen LogP contribution in [-0.2, 0) is 4.79 Å². The number of likely N-dealkylation sites (N-methyl/N-ethyl adjacent to an activating group) is 1. The predicted octanol–water partition coefficient (Wildman–Crippen LogP) is 3.49. The van der Waals surface area contributed by atoms with Crippen molar-refractivity contribution in [1.29, 1.82) is 0 Å². The fourth-order valence-corrected chi connectivity index (χ4v) is 3.73. The van der Waals surface area contributed by atoms with Crippen LogP contribution in [0.2, 0.25) is 0 Å². The molecule has 1 heterocycles. The first-order valence-corrected chi connectivity index (χ1v) is 9.81. The minimum Gasteiger partial charge on any atom is -0.480 e. The van der Waals surface area contributed by atoms with Gasteiger partial charge in [0.15, 0.2) is 0 Å². The van der Waals surface area contributed by atoms with Crippen molar-refractivity contribution in [2.75, 3.05) is 26.7 Å². The fourth-order valence-electron chi connectivity index (χ4n) is 3.73. The SMILES string of the molecule is CN(CC(=O)O)C1CCCN(C(=O)NC(c2ccc(F)cc2)C(C)(C)C)CC1. The van der Waals surface area contributed by atoms with Gasteiger partial charge in [0.05, 0.1) is 12.6 Å². The minimum atomic E-state index is -0.839. The Hall–Kier alpha value is -2.15. The lowest BCUT2D eigenvalue weighted by Gasteiger charge is -2.34. The van der Waals surface area contributed by atoms with Crippen molar-refractivity contribution in [3.05, 3.63) is 35.6 Å². The molecule has 0 spiro atoms. The smallest absolute Gasteiger partial charge is 0.317 e. The summed E-state index contributed by atoms with van der Waals surface area (Å²) in [6.45, 7) is 7.36. The summed E-state index contributed by atoms with van der Waals surface area (Å²) in [5.41, 5.74) is 0.639. The molecule has 2 atom stereocenters. The molecule has 1 aromatic rings. The number of rotatable bonds is 5. The molecule has 1 aromatic carbocycles. The van der Waals surface area contributed by atoms with Crippen molar-refractivity contribution >= 4 is 12.0 Å². The molecule has 2 rings (SSSR count). The number of carbonyl (C=O) groups excluding carboxylic acids is 1. The van der Waals surface area contributed by atoms with Crippen LogP contribution in [0.1, 0.15) is 51.6 Å². The van der Waals surface area contributed by atoms with E-state index in [9.17, 15) is 14.0 Å². The first-order valence-electron chi connectivity index (χ1n) is 9.81. The highest BCUT2D eigenvalue weighted by atomic mass is 19.1. The number of nitrogens with one attached hydrogen (secondary N) is 1. The van der Waals surface area contributed by atoms with Crippen LogP contribution >= 0.6 is 0 Å². The summed E-state index contributed by atoms with van der Waals surface area (Å²) in [5.74, 6) is -1.14. The van der Waals surface area contributed by atoms with Gasteiger partial charge in [-0.3, -0.25) is 9.69 Å². The maximum absolute atomic E-state index is 13.3. The van der Waals surface area contributed by atoms with Crippen LogP contribution in [0.25, 0.3) is 0 Å². The van der Waals surface area contributed by atoms with Crippen LogP contribution in [0, 0.1) is 11.2 Å². The highest BCUT2D eigenvalue weighted by Crippen LogP contribution is 2.33. The summed E-state index contributed by atoms with van der Waals surface area (Å²) < 4.78 is 13.3. The monoisotopic (exact) mass is 393 g/mol. The Labute approximate surface area is 166 Å². The Kier molecular flexibility index (Phi) is 7.41. The van der Waals surface area contributed by atoms with Crippen molar-refractivity contribution in [3.63, 3.8) is 0 Å². The number of benzene rings is 1. The first kappa shape index (κ1) is 22.1. The molecule has 0 radical (unpaired) electrons. The molecule has 0 bridgehead atoms. The average Bonchev–Trinajstić information content (AvgIpc) is 2.85. The Morgan fingerprint density at radius 3 is 2.46 bits per heavy atom. The van der Waals surface area contributed by atoms with E-state index in [1.165, 1.54) is 12.1 Å². The summed E-state index contributed by atoms with van der Waals surface area (Å²) in [5, 5.41) is 12.1. The number of carboxylic acid groups (broad SMARTS) is 1. The third-order valence-electron chi connectivity index (χ3n) is 5.33. The molecule has 0 saturated carbocycles. The van der Waals surface area contributed by atoms with Crippen LogP contribution < -0.4 is 5.32 Å². The molecule has 1 aliphatic rings. The Bertz CT molecular complexity index is 672. The molecular formula is C21H32FN3O3. The summed E-state index contributed by atoms with van der Waals surface area (Å²) >= 11 is 0. The van der Waals surface area contributed by atoms with Crippen molar-refractivity contribution in [2.24, 2.45) is 5.41 Å². The van der Waals surface area contributed by atoms with E-state index in [0.717, 1.165) is 24.8 Å². The molecule has 2 N–H and O–H groups in total. The van der Waals surface area contributed by atoms with Gasteiger partial charge in [-0.1, -0.05) is 32.9 Å². The lowest BCUT2D eigenvalue weighted by atomic mass is 9.82. The number of likely N-dealkylation sites (tertiary alicyclic amines) is 1. The van der Waals surface area contributed by atoms with Crippen LogP contribution in [0.3, 0.4) is 0 Å². The second-order valence-corrected chi connectivity index (χ2v) is 8.68. The van der Waals surface area contributed by atoms with Gasteiger partial charge >= 0.3 is 12.0 Å². The average molecular weight is 394 g/mol. The molecule has 1 fully saturated rings. The van der Waals surface area contributed by atoms with E-state index < -0.39 is 5.97 Å². The molecule has 6 nitrogen and oxygen atoms in total. The van der Waals surface area contributed by atoms with Gasteiger partial charge in [-0.15, -0.1) is 0 Å². The number of amides is 2. The van der Waals surface area contributed by atoms with Crippen molar-refractivity contribution in [3.8, 4) is 0 Å². The normalized spacial score (nSPS) is 19.2. The maximum Gasteiger partial charge on any atom is 0.317 e. The Balaban J connectivity index is 2.03. The summed E-state index contributed by atoms with van der Waals surface area (Å²) in [6.07, 6.45) is 2.45. The van der Waals surface area contributed by atoms with E-state index >= 15 is 0 Å². The van der Waals surface area contributed by atoms with Gasteiger partial charge in [0.25, 0.3) is 0 Å². The van der Waals surface area contributed by atoms with E-state index in [1.54, 1.807) is 17.0 Å². The topological polar surface area (TPSA) is 72.9 Å². The zero-order chi connectivity index (χ0) is 20.9. The Morgan fingerprint density at radius 2 is 1.89 bits per heavy atom. The van der Waals surface area contributed by atoms with E-state index in [1.807, 2.05) is 32.7 Å². The first-order chi connectivity index (χ1) is 13.1. The zero-order valence-corrected chi connectivity index (χ0v) is 17.2. The maximum atomic E-state index is 13.3. The van der Waals surface area contributed by atoms with Gasteiger partial charge in [0.1, 0.15) is 5.82 Å². The minimum absolute atomic E-state index is 0.00747. The molecule has 28 heavy (non-hydrogen) atoms. The predicted molar refractivity (Wildman–Crippen MR) is 107 cm³/mol. The molecule has 1 aliphatic heterocycles. The van der Waals surface area contributed by atoms with E-state index in [4.69, 9.17) is 5.11 Å². The quantitative estimate of drug-likeness (QED) is 0.803. The summed E-state index contributed by atoms with van der Waals surface area (Å²) in [6, 6.07) is 6.03. The second kappa shape index (κ2) is 9.37. The molecular weight excluding hydrogens is 361 g/mol. The van der Waals surface area contributed by atoms with Crippen LogP contribution in [-0.4, -0.2) is 59.6 Å². The van der Waals surface area contributed by atoms with Crippen LogP contribution in [0.4, 0.5) is 9.18 Å². The molecule has 2 unspecified atom stereocenters. The molecule has 0 aliphatic carbocycles. The largest absolute Gasteiger partial charge is 0.480 e. The van der Waals surface area contributed by atoms with Crippen LogP contribution in [0.5, 0.6) is 0 Å². The lowest BCUT2D eigenvalue weighted by molar-refractivity contribution is -0.138. The fraction of sp³-hybridized carbons (Fsp3) is 0.619. The molecule has 0 aromatic heterocycles. The van der Waals surface area contributed by atoms with E-state index in [2.05, 4.69) is 5.32 Å². The number of urea groups is 1. The van der Waals surface area contributed by atoms with Gasteiger partial charge in [-0.05, 0) is 49.4 Å². The van der Waals surface area contributed by atoms with E-state index in [-0.39, 0.29) is 35.9 Å². The number of carbonyl (C=O) groups is 2.